The highest BCUT2D eigenvalue weighted by Crippen LogP contribution is 2.28. The minimum Gasteiger partial charge on any atom is -0.308 e. The number of para-hydroxylation sites is 1. The predicted octanol–water partition coefficient (Wildman–Crippen LogP) is 3.48. The van der Waals surface area contributed by atoms with Crippen LogP contribution in [0, 0.1) is 0 Å². The summed E-state index contributed by atoms with van der Waals surface area (Å²) in [5, 5.41) is 12.9. The number of anilines is 1. The van der Waals surface area contributed by atoms with Gasteiger partial charge in [0.05, 0.1) is 5.75 Å². The van der Waals surface area contributed by atoms with Gasteiger partial charge >= 0.3 is 6.03 Å². The summed E-state index contributed by atoms with van der Waals surface area (Å²) in [5.41, 5.74) is 0.632. The largest absolute Gasteiger partial charge is 0.325 e. The van der Waals surface area contributed by atoms with Gasteiger partial charge in [-0.25, -0.2) is 4.79 Å². The number of hydrogen-bond acceptors (Lipinski definition) is 7. The second-order valence-corrected chi connectivity index (χ2v) is 7.88. The Bertz CT molecular complexity index is 648. The monoisotopic (exact) mass is 368 g/mol. The smallest absolute Gasteiger partial charge is 0.308 e. The summed E-state index contributed by atoms with van der Waals surface area (Å²) in [7, 11) is 0. The topological polar surface area (TPSA) is 84.0 Å². The molecule has 1 aromatic carbocycles. The van der Waals surface area contributed by atoms with Gasteiger partial charge in [0.15, 0.2) is 8.68 Å². The van der Waals surface area contributed by atoms with Crippen molar-refractivity contribution < 1.29 is 9.59 Å². The van der Waals surface area contributed by atoms with Crippen molar-refractivity contribution >= 4 is 52.5 Å². The Morgan fingerprint density at radius 2 is 1.83 bits per heavy atom. The first-order chi connectivity index (χ1) is 11.2. The molecule has 2 aromatic rings. The molecule has 3 amide bonds. The summed E-state index contributed by atoms with van der Waals surface area (Å²) in [6.07, 6.45) is 1.08. The third-order valence-corrected chi connectivity index (χ3v) is 5.82. The Morgan fingerprint density at radius 1 is 1.13 bits per heavy atom. The van der Waals surface area contributed by atoms with Crippen LogP contribution in [0.5, 0.6) is 0 Å². The SMILES string of the molecule is CCCSc1nnc(SCC(=O)NC(=O)Nc2ccccc2)s1. The molecule has 0 radical (unpaired) electrons. The normalized spacial score (nSPS) is 10.3. The van der Waals surface area contributed by atoms with Crippen molar-refractivity contribution in [1.29, 1.82) is 0 Å². The molecule has 122 valence electrons. The predicted molar refractivity (Wildman–Crippen MR) is 95.3 cm³/mol. The molecule has 0 atom stereocenters. The molecule has 0 saturated heterocycles. The van der Waals surface area contributed by atoms with Crippen LogP contribution in [0.4, 0.5) is 10.5 Å². The molecule has 0 bridgehead atoms. The molecule has 0 aliphatic heterocycles. The highest BCUT2D eigenvalue weighted by Gasteiger charge is 2.11. The van der Waals surface area contributed by atoms with E-state index in [0.717, 1.165) is 20.9 Å². The number of imide groups is 1. The van der Waals surface area contributed by atoms with E-state index in [1.54, 1.807) is 36.0 Å². The van der Waals surface area contributed by atoms with E-state index in [4.69, 9.17) is 0 Å². The van der Waals surface area contributed by atoms with Crippen molar-refractivity contribution in [3.63, 3.8) is 0 Å². The Labute approximate surface area is 146 Å². The van der Waals surface area contributed by atoms with Crippen LogP contribution in [0.15, 0.2) is 39.0 Å². The lowest BCUT2D eigenvalue weighted by Crippen LogP contribution is -2.35. The fourth-order valence-corrected chi connectivity index (χ4v) is 4.22. The van der Waals surface area contributed by atoms with Crippen LogP contribution in [0.2, 0.25) is 0 Å². The summed E-state index contributed by atoms with van der Waals surface area (Å²) in [5.74, 6) is 0.746. The first-order valence-corrected chi connectivity index (χ1v) is 9.71. The zero-order valence-electron chi connectivity index (χ0n) is 12.4. The molecule has 6 nitrogen and oxygen atoms in total. The fraction of sp³-hybridized carbons (Fsp3) is 0.286. The van der Waals surface area contributed by atoms with E-state index in [0.29, 0.717) is 5.69 Å². The number of carbonyl (C=O) groups is 2. The third-order valence-electron chi connectivity index (χ3n) is 2.43. The maximum absolute atomic E-state index is 11.8. The molecule has 0 aliphatic rings. The fourth-order valence-electron chi connectivity index (χ4n) is 1.48. The number of rotatable bonds is 7. The number of aromatic nitrogens is 2. The van der Waals surface area contributed by atoms with Gasteiger partial charge in [0.1, 0.15) is 0 Å². The van der Waals surface area contributed by atoms with Crippen LogP contribution in [0.3, 0.4) is 0 Å². The van der Waals surface area contributed by atoms with Crippen LogP contribution >= 0.6 is 34.9 Å². The van der Waals surface area contributed by atoms with E-state index in [1.807, 2.05) is 6.07 Å². The number of urea groups is 1. The lowest BCUT2D eigenvalue weighted by molar-refractivity contribution is -0.117. The first kappa shape index (κ1) is 17.8. The van der Waals surface area contributed by atoms with E-state index < -0.39 is 6.03 Å². The Hall–Kier alpha value is -1.58. The molecule has 0 spiro atoms. The summed E-state index contributed by atoms with van der Waals surface area (Å²) in [6.45, 7) is 2.11. The zero-order valence-corrected chi connectivity index (χ0v) is 14.9. The molecule has 0 unspecified atom stereocenters. The lowest BCUT2D eigenvalue weighted by atomic mass is 10.3. The van der Waals surface area contributed by atoms with Crippen LogP contribution in [-0.4, -0.2) is 33.6 Å². The van der Waals surface area contributed by atoms with E-state index in [-0.39, 0.29) is 11.7 Å². The van der Waals surface area contributed by atoms with Crippen LogP contribution in [0.1, 0.15) is 13.3 Å². The number of nitrogens with one attached hydrogen (secondary N) is 2. The lowest BCUT2D eigenvalue weighted by Gasteiger charge is -2.05. The van der Waals surface area contributed by atoms with Crippen molar-refractivity contribution in [1.82, 2.24) is 15.5 Å². The molecular weight excluding hydrogens is 352 g/mol. The molecule has 23 heavy (non-hydrogen) atoms. The maximum Gasteiger partial charge on any atom is 0.325 e. The van der Waals surface area contributed by atoms with Gasteiger partial charge in [-0.3, -0.25) is 10.1 Å². The summed E-state index contributed by atoms with van der Waals surface area (Å²) in [4.78, 5) is 23.4. The van der Waals surface area contributed by atoms with Crippen molar-refractivity contribution in [2.45, 2.75) is 22.0 Å². The maximum atomic E-state index is 11.8. The second-order valence-electron chi connectivity index (χ2n) is 4.34. The Morgan fingerprint density at radius 3 is 2.52 bits per heavy atom. The van der Waals surface area contributed by atoms with Gasteiger partial charge in [0.25, 0.3) is 0 Å². The molecule has 1 aromatic heterocycles. The summed E-state index contributed by atoms with van der Waals surface area (Å²) >= 11 is 4.38. The molecule has 1 heterocycles. The minimum atomic E-state index is -0.543. The van der Waals surface area contributed by atoms with E-state index in [2.05, 4.69) is 27.8 Å². The highest BCUT2D eigenvalue weighted by molar-refractivity contribution is 8.03. The second kappa shape index (κ2) is 9.53. The van der Waals surface area contributed by atoms with Gasteiger partial charge in [-0.2, -0.15) is 0 Å². The number of thioether (sulfide) groups is 2. The van der Waals surface area contributed by atoms with E-state index in [1.165, 1.54) is 23.1 Å². The number of benzene rings is 1. The molecule has 9 heteroatoms. The average molecular weight is 369 g/mol. The van der Waals surface area contributed by atoms with Gasteiger partial charge in [-0.15, -0.1) is 10.2 Å². The standard InChI is InChI=1S/C14H16N4O2S3/c1-2-8-21-13-17-18-14(23-13)22-9-11(19)16-12(20)15-10-6-4-3-5-7-10/h3-7H,2,8-9H2,1H3,(H2,15,16,19,20). The summed E-state index contributed by atoms with van der Waals surface area (Å²) in [6, 6.07) is 8.40. The Balaban J connectivity index is 1.72. The minimum absolute atomic E-state index is 0.120. The van der Waals surface area contributed by atoms with E-state index >= 15 is 0 Å². The van der Waals surface area contributed by atoms with Crippen molar-refractivity contribution in [2.75, 3.05) is 16.8 Å². The molecule has 2 rings (SSSR count). The molecule has 0 fully saturated rings. The van der Waals surface area contributed by atoms with Crippen molar-refractivity contribution in [3.8, 4) is 0 Å². The molecule has 2 N–H and O–H groups in total. The van der Waals surface area contributed by atoms with Gasteiger partial charge in [-0.05, 0) is 18.6 Å². The van der Waals surface area contributed by atoms with Gasteiger partial charge in [0, 0.05) is 11.4 Å². The number of amides is 3. The van der Waals surface area contributed by atoms with Crippen molar-refractivity contribution in [2.24, 2.45) is 0 Å². The Kier molecular flexibility index (Phi) is 7.37. The van der Waals surface area contributed by atoms with Crippen LogP contribution in [0.25, 0.3) is 0 Å². The van der Waals surface area contributed by atoms with Crippen LogP contribution < -0.4 is 10.6 Å². The number of hydrogen-bond donors (Lipinski definition) is 2. The van der Waals surface area contributed by atoms with Gasteiger partial charge < -0.3 is 5.32 Å². The molecule has 0 aliphatic carbocycles. The van der Waals surface area contributed by atoms with Gasteiger partial charge in [0.2, 0.25) is 5.91 Å². The third kappa shape index (κ3) is 6.59. The molecular formula is C14H16N4O2S3. The highest BCUT2D eigenvalue weighted by atomic mass is 32.2. The zero-order chi connectivity index (χ0) is 16.5. The van der Waals surface area contributed by atoms with Crippen molar-refractivity contribution in [3.05, 3.63) is 30.3 Å². The number of carbonyl (C=O) groups excluding carboxylic acids is 2. The van der Waals surface area contributed by atoms with Crippen LogP contribution in [-0.2, 0) is 4.79 Å². The van der Waals surface area contributed by atoms with Gasteiger partial charge in [-0.1, -0.05) is 60.0 Å². The van der Waals surface area contributed by atoms with E-state index in [9.17, 15) is 9.59 Å². The average Bonchev–Trinajstić information content (AvgIpc) is 2.99. The first-order valence-electron chi connectivity index (χ1n) is 6.92. The quantitative estimate of drug-likeness (QED) is 0.728. The number of nitrogens with zero attached hydrogens (tertiary/aromatic N) is 2. The molecule has 0 saturated carbocycles. The summed E-state index contributed by atoms with van der Waals surface area (Å²) < 4.78 is 1.62.